The predicted octanol–water partition coefficient (Wildman–Crippen LogP) is 0.430. The Hall–Kier alpha value is -1.99. The molecule has 1 unspecified atom stereocenters. The standard InChI is InChI=1S/C16H25N5O2/c1-22-14-4-3-12(9-15(14)23-2)19-16(17)18-10-13-11-20-5-7-21(13)8-6-20/h3-4,9,13H,5-8,10-11H2,1-2H3,(H3,17,18,19). The number of nitrogens with zero attached hydrogens (tertiary/aromatic N) is 3. The van der Waals surface area contributed by atoms with E-state index in [0.29, 0.717) is 23.5 Å². The molecule has 2 bridgehead atoms. The van der Waals surface area contributed by atoms with Gasteiger partial charge in [-0.15, -0.1) is 0 Å². The molecule has 7 nitrogen and oxygen atoms in total. The molecule has 3 fully saturated rings. The van der Waals surface area contributed by atoms with Gasteiger partial charge in [-0.3, -0.25) is 14.8 Å². The third-order valence-corrected chi connectivity index (χ3v) is 4.52. The van der Waals surface area contributed by atoms with Crippen molar-refractivity contribution in [3.63, 3.8) is 0 Å². The molecule has 3 saturated heterocycles. The van der Waals surface area contributed by atoms with Crippen LogP contribution in [0.3, 0.4) is 0 Å². The molecule has 1 aromatic rings. The number of aliphatic imine (C=N–C) groups is 1. The van der Waals surface area contributed by atoms with Crippen LogP contribution in [0.25, 0.3) is 0 Å². The fraction of sp³-hybridized carbons (Fsp3) is 0.562. The first kappa shape index (κ1) is 15.9. The normalized spacial score (nSPS) is 26.9. The Balaban J connectivity index is 1.59. The molecule has 3 heterocycles. The summed E-state index contributed by atoms with van der Waals surface area (Å²) in [4.78, 5) is 9.51. The zero-order valence-electron chi connectivity index (χ0n) is 13.8. The lowest BCUT2D eigenvalue weighted by Gasteiger charge is -2.47. The number of piperazine rings is 3. The highest BCUT2D eigenvalue weighted by Crippen LogP contribution is 2.29. The minimum atomic E-state index is 0.426. The molecule has 1 aromatic carbocycles. The van der Waals surface area contributed by atoms with Crippen LogP contribution < -0.4 is 20.5 Å². The Morgan fingerprint density at radius 3 is 2.57 bits per heavy atom. The second kappa shape index (κ2) is 7.06. The van der Waals surface area contributed by atoms with Crippen molar-refractivity contribution in [3.8, 4) is 11.5 Å². The summed E-state index contributed by atoms with van der Waals surface area (Å²) < 4.78 is 10.5. The largest absolute Gasteiger partial charge is 0.493 e. The van der Waals surface area contributed by atoms with E-state index < -0.39 is 0 Å². The van der Waals surface area contributed by atoms with Gasteiger partial charge in [0.1, 0.15) is 0 Å². The molecule has 0 saturated carbocycles. The highest BCUT2D eigenvalue weighted by molar-refractivity contribution is 5.92. The summed E-state index contributed by atoms with van der Waals surface area (Å²) in [6, 6.07) is 6.05. The molecule has 7 heteroatoms. The topological polar surface area (TPSA) is 75.4 Å². The number of ether oxygens (including phenoxy) is 2. The van der Waals surface area contributed by atoms with E-state index in [-0.39, 0.29) is 0 Å². The van der Waals surface area contributed by atoms with E-state index >= 15 is 0 Å². The summed E-state index contributed by atoms with van der Waals surface area (Å²) in [5.41, 5.74) is 6.85. The van der Waals surface area contributed by atoms with Crippen molar-refractivity contribution in [2.24, 2.45) is 10.7 Å². The zero-order valence-corrected chi connectivity index (χ0v) is 13.8. The van der Waals surface area contributed by atoms with Crippen molar-refractivity contribution in [1.29, 1.82) is 0 Å². The number of methoxy groups -OCH3 is 2. The number of hydrogen-bond acceptors (Lipinski definition) is 5. The fourth-order valence-corrected chi connectivity index (χ4v) is 3.20. The van der Waals surface area contributed by atoms with Gasteiger partial charge in [-0.2, -0.15) is 0 Å². The van der Waals surface area contributed by atoms with Crippen molar-refractivity contribution in [3.05, 3.63) is 18.2 Å². The monoisotopic (exact) mass is 319 g/mol. The van der Waals surface area contributed by atoms with Crippen LogP contribution >= 0.6 is 0 Å². The molecule has 4 rings (SSSR count). The van der Waals surface area contributed by atoms with Gasteiger partial charge in [-0.05, 0) is 12.1 Å². The number of anilines is 1. The van der Waals surface area contributed by atoms with E-state index in [9.17, 15) is 0 Å². The Bertz CT molecular complexity index is 570. The fourth-order valence-electron chi connectivity index (χ4n) is 3.20. The van der Waals surface area contributed by atoms with E-state index in [1.165, 1.54) is 13.1 Å². The molecule has 3 aliphatic heterocycles. The van der Waals surface area contributed by atoms with Crippen LogP contribution in [0.2, 0.25) is 0 Å². The Kier molecular flexibility index (Phi) is 4.88. The number of rotatable bonds is 5. The number of hydrogen-bond donors (Lipinski definition) is 2. The maximum absolute atomic E-state index is 6.02. The summed E-state index contributed by atoms with van der Waals surface area (Å²) in [5.74, 6) is 1.78. The lowest BCUT2D eigenvalue weighted by molar-refractivity contribution is 0.0174. The van der Waals surface area contributed by atoms with Gasteiger partial charge in [0.15, 0.2) is 17.5 Å². The Morgan fingerprint density at radius 1 is 1.22 bits per heavy atom. The first-order valence-electron chi connectivity index (χ1n) is 7.95. The van der Waals surface area contributed by atoms with Crippen molar-refractivity contribution < 1.29 is 9.47 Å². The van der Waals surface area contributed by atoms with Crippen molar-refractivity contribution in [2.75, 3.05) is 58.8 Å². The highest BCUT2D eigenvalue weighted by Gasteiger charge is 2.31. The molecule has 0 aromatic heterocycles. The van der Waals surface area contributed by atoms with Crippen LogP contribution in [-0.2, 0) is 0 Å². The third kappa shape index (κ3) is 3.68. The maximum Gasteiger partial charge on any atom is 0.193 e. The van der Waals surface area contributed by atoms with Crippen LogP contribution in [0.1, 0.15) is 0 Å². The smallest absolute Gasteiger partial charge is 0.193 e. The maximum atomic E-state index is 6.02. The summed E-state index contributed by atoms with van der Waals surface area (Å²) in [7, 11) is 3.23. The van der Waals surface area contributed by atoms with Gasteiger partial charge in [0.25, 0.3) is 0 Å². The molecule has 126 valence electrons. The summed E-state index contributed by atoms with van der Waals surface area (Å²) >= 11 is 0. The first-order valence-corrected chi connectivity index (χ1v) is 7.95. The number of nitrogens with two attached hydrogens (primary N) is 1. The lowest BCUT2D eigenvalue weighted by Crippen LogP contribution is -2.61. The SMILES string of the molecule is COc1ccc(NC(N)=NCC2CN3CCN2CC3)cc1OC. The summed E-state index contributed by atoms with van der Waals surface area (Å²) in [6.07, 6.45) is 0. The van der Waals surface area contributed by atoms with Gasteiger partial charge in [-0.1, -0.05) is 0 Å². The number of guanidine groups is 1. The van der Waals surface area contributed by atoms with Crippen molar-refractivity contribution in [1.82, 2.24) is 9.80 Å². The number of fused-ring (bicyclic) bond motifs is 3. The Morgan fingerprint density at radius 2 is 1.96 bits per heavy atom. The molecule has 1 atom stereocenters. The van der Waals surface area contributed by atoms with Gasteiger partial charge < -0.3 is 20.5 Å². The van der Waals surface area contributed by atoms with Gasteiger partial charge in [0, 0.05) is 50.5 Å². The summed E-state index contributed by atoms with van der Waals surface area (Å²) in [6.45, 7) is 6.46. The molecule has 3 N–H and O–H groups in total. The third-order valence-electron chi connectivity index (χ3n) is 4.52. The molecule has 0 spiro atoms. The van der Waals surface area contributed by atoms with Gasteiger partial charge in [0.05, 0.1) is 20.8 Å². The van der Waals surface area contributed by atoms with E-state index in [2.05, 4.69) is 20.1 Å². The van der Waals surface area contributed by atoms with E-state index in [1.54, 1.807) is 14.2 Å². The van der Waals surface area contributed by atoms with Gasteiger partial charge in [0.2, 0.25) is 0 Å². The molecule has 3 aliphatic rings. The average molecular weight is 319 g/mol. The highest BCUT2D eigenvalue weighted by atomic mass is 16.5. The minimum absolute atomic E-state index is 0.426. The van der Waals surface area contributed by atoms with Crippen LogP contribution in [0.5, 0.6) is 11.5 Å². The first-order chi connectivity index (χ1) is 11.2. The van der Waals surface area contributed by atoms with Crippen LogP contribution in [0.15, 0.2) is 23.2 Å². The van der Waals surface area contributed by atoms with E-state index in [1.807, 2.05) is 18.2 Å². The van der Waals surface area contributed by atoms with Crippen molar-refractivity contribution >= 4 is 11.6 Å². The summed E-state index contributed by atoms with van der Waals surface area (Å²) in [5, 5.41) is 3.11. The molecule has 0 amide bonds. The molecule has 0 aliphatic carbocycles. The molecular weight excluding hydrogens is 294 g/mol. The van der Waals surface area contributed by atoms with Crippen LogP contribution in [0, 0.1) is 0 Å². The predicted molar refractivity (Wildman–Crippen MR) is 91.5 cm³/mol. The van der Waals surface area contributed by atoms with E-state index in [0.717, 1.165) is 31.9 Å². The average Bonchev–Trinajstić information content (AvgIpc) is 2.61. The van der Waals surface area contributed by atoms with Gasteiger partial charge in [-0.25, -0.2) is 0 Å². The molecule has 23 heavy (non-hydrogen) atoms. The Labute approximate surface area is 137 Å². The zero-order chi connectivity index (χ0) is 16.2. The number of benzene rings is 1. The lowest BCUT2D eigenvalue weighted by atomic mass is 10.1. The second-order valence-corrected chi connectivity index (χ2v) is 5.91. The van der Waals surface area contributed by atoms with Crippen molar-refractivity contribution in [2.45, 2.75) is 6.04 Å². The van der Waals surface area contributed by atoms with Gasteiger partial charge >= 0.3 is 0 Å². The van der Waals surface area contributed by atoms with Crippen LogP contribution in [-0.4, -0.2) is 75.3 Å². The van der Waals surface area contributed by atoms with E-state index in [4.69, 9.17) is 15.2 Å². The molecule has 0 radical (unpaired) electrons. The quantitative estimate of drug-likeness (QED) is 0.605. The minimum Gasteiger partial charge on any atom is -0.493 e. The number of nitrogens with one attached hydrogen (secondary N) is 1. The second-order valence-electron chi connectivity index (χ2n) is 5.91. The van der Waals surface area contributed by atoms with Crippen LogP contribution in [0.4, 0.5) is 5.69 Å². The molecular formula is C16H25N5O2.